The number of aromatic nitrogens is 2. The van der Waals surface area contributed by atoms with Crippen LogP contribution in [0.4, 0.5) is 10.1 Å². The highest BCUT2D eigenvalue weighted by Gasteiger charge is 2.11. The highest BCUT2D eigenvalue weighted by Crippen LogP contribution is 2.24. The van der Waals surface area contributed by atoms with Crippen molar-refractivity contribution in [3.63, 3.8) is 0 Å². The minimum absolute atomic E-state index is 0.199. The third-order valence-electron chi connectivity index (χ3n) is 3.46. The molecule has 0 atom stereocenters. The quantitative estimate of drug-likeness (QED) is 0.715. The van der Waals surface area contributed by atoms with Crippen LogP contribution in [-0.2, 0) is 11.8 Å². The summed E-state index contributed by atoms with van der Waals surface area (Å²) in [6.45, 7) is 0. The van der Waals surface area contributed by atoms with Gasteiger partial charge in [0.25, 0.3) is 0 Å². The second-order valence-corrected chi connectivity index (χ2v) is 6.14. The molecule has 0 spiro atoms. The lowest BCUT2D eigenvalue weighted by Gasteiger charge is -2.07. The van der Waals surface area contributed by atoms with E-state index < -0.39 is 0 Å². The number of rotatable bonds is 5. The van der Waals surface area contributed by atoms with Crippen molar-refractivity contribution in [2.45, 2.75) is 5.16 Å². The minimum Gasteiger partial charge on any atom is -0.325 e. The molecule has 0 fully saturated rings. The van der Waals surface area contributed by atoms with E-state index in [1.165, 1.54) is 23.9 Å². The van der Waals surface area contributed by atoms with Crippen LogP contribution in [0.1, 0.15) is 0 Å². The van der Waals surface area contributed by atoms with Crippen LogP contribution in [0.25, 0.3) is 11.3 Å². The van der Waals surface area contributed by atoms with Crippen LogP contribution in [0.5, 0.6) is 0 Å². The van der Waals surface area contributed by atoms with Crippen LogP contribution in [-0.4, -0.2) is 21.2 Å². The van der Waals surface area contributed by atoms with Gasteiger partial charge < -0.3 is 9.88 Å². The molecule has 1 amide bonds. The van der Waals surface area contributed by atoms with E-state index in [0.717, 1.165) is 16.4 Å². The number of amides is 1. The Morgan fingerprint density at radius 1 is 1.21 bits per heavy atom. The van der Waals surface area contributed by atoms with Crippen molar-refractivity contribution < 1.29 is 9.18 Å². The van der Waals surface area contributed by atoms with Gasteiger partial charge >= 0.3 is 0 Å². The van der Waals surface area contributed by atoms with Gasteiger partial charge in [0.2, 0.25) is 5.91 Å². The Hall–Kier alpha value is -2.60. The molecule has 0 saturated carbocycles. The summed E-state index contributed by atoms with van der Waals surface area (Å²) in [5.41, 5.74) is 2.51. The second kappa shape index (κ2) is 7.31. The first-order chi connectivity index (χ1) is 11.6. The molecule has 0 unspecified atom stereocenters. The van der Waals surface area contributed by atoms with E-state index in [1.54, 1.807) is 18.3 Å². The highest BCUT2D eigenvalue weighted by atomic mass is 32.2. The number of imidazole rings is 1. The Labute approximate surface area is 143 Å². The van der Waals surface area contributed by atoms with Crippen LogP contribution in [0.3, 0.4) is 0 Å². The van der Waals surface area contributed by atoms with Crippen molar-refractivity contribution in [2.24, 2.45) is 7.05 Å². The summed E-state index contributed by atoms with van der Waals surface area (Å²) in [5.74, 6) is -0.373. The molecule has 3 rings (SSSR count). The molecule has 0 radical (unpaired) electrons. The number of nitrogens with zero attached hydrogens (tertiary/aromatic N) is 2. The molecule has 3 aromatic rings. The van der Waals surface area contributed by atoms with E-state index in [4.69, 9.17) is 0 Å². The molecule has 122 valence electrons. The van der Waals surface area contributed by atoms with Crippen molar-refractivity contribution in [2.75, 3.05) is 11.1 Å². The molecular weight excluding hydrogens is 325 g/mol. The number of anilines is 1. The fourth-order valence-electron chi connectivity index (χ4n) is 2.30. The number of benzene rings is 2. The Morgan fingerprint density at radius 2 is 2.00 bits per heavy atom. The molecule has 0 aliphatic heterocycles. The lowest BCUT2D eigenvalue weighted by molar-refractivity contribution is -0.113. The molecule has 0 saturated heterocycles. The predicted molar refractivity (Wildman–Crippen MR) is 94.4 cm³/mol. The standard InChI is InChI=1S/C18H16FN3OS/c1-22-16(13-6-3-2-4-7-13)11-20-18(22)24-12-17(23)21-15-9-5-8-14(19)10-15/h2-11H,12H2,1H3,(H,21,23). The van der Waals surface area contributed by atoms with Crippen LogP contribution in [0.15, 0.2) is 66.0 Å². The van der Waals surface area contributed by atoms with Crippen molar-refractivity contribution in [3.8, 4) is 11.3 Å². The first kappa shape index (κ1) is 16.3. The van der Waals surface area contributed by atoms with Gasteiger partial charge in [-0.2, -0.15) is 0 Å². The molecule has 1 N–H and O–H groups in total. The topological polar surface area (TPSA) is 46.9 Å². The molecule has 4 nitrogen and oxygen atoms in total. The molecule has 0 bridgehead atoms. The van der Waals surface area contributed by atoms with E-state index in [9.17, 15) is 9.18 Å². The summed E-state index contributed by atoms with van der Waals surface area (Å²) in [7, 11) is 1.92. The van der Waals surface area contributed by atoms with Crippen LogP contribution >= 0.6 is 11.8 Å². The number of hydrogen-bond donors (Lipinski definition) is 1. The fraction of sp³-hybridized carbons (Fsp3) is 0.111. The molecule has 0 aliphatic carbocycles. The third kappa shape index (κ3) is 3.83. The Balaban J connectivity index is 1.63. The first-order valence-corrected chi connectivity index (χ1v) is 8.37. The summed E-state index contributed by atoms with van der Waals surface area (Å²) in [5, 5.41) is 3.43. The largest absolute Gasteiger partial charge is 0.325 e. The van der Waals surface area contributed by atoms with Crippen molar-refractivity contribution in [3.05, 3.63) is 66.6 Å². The molecule has 24 heavy (non-hydrogen) atoms. The summed E-state index contributed by atoms with van der Waals surface area (Å²) in [6, 6.07) is 15.8. The number of carbonyl (C=O) groups excluding carboxylic acids is 1. The Morgan fingerprint density at radius 3 is 2.75 bits per heavy atom. The summed E-state index contributed by atoms with van der Waals surface area (Å²) >= 11 is 1.34. The van der Waals surface area contributed by atoms with Crippen LogP contribution in [0, 0.1) is 5.82 Å². The van der Waals surface area contributed by atoms with Crippen molar-refractivity contribution in [1.82, 2.24) is 9.55 Å². The predicted octanol–water partition coefficient (Wildman–Crippen LogP) is 3.96. The second-order valence-electron chi connectivity index (χ2n) is 5.20. The van der Waals surface area contributed by atoms with Gasteiger partial charge in [0.05, 0.1) is 17.6 Å². The van der Waals surface area contributed by atoms with Crippen molar-refractivity contribution in [1.29, 1.82) is 0 Å². The van der Waals surface area contributed by atoms with Gasteiger partial charge in [-0.1, -0.05) is 48.2 Å². The van der Waals surface area contributed by atoms with Gasteiger partial charge in [-0.25, -0.2) is 9.37 Å². The lowest BCUT2D eigenvalue weighted by Crippen LogP contribution is -2.14. The van der Waals surface area contributed by atoms with Gasteiger partial charge in [-0.3, -0.25) is 4.79 Å². The average Bonchev–Trinajstić information content (AvgIpc) is 2.94. The molecular formula is C18H16FN3OS. The maximum Gasteiger partial charge on any atom is 0.234 e. The monoisotopic (exact) mass is 341 g/mol. The number of hydrogen-bond acceptors (Lipinski definition) is 3. The molecule has 1 heterocycles. The van der Waals surface area contributed by atoms with E-state index >= 15 is 0 Å². The Bertz CT molecular complexity index is 848. The van der Waals surface area contributed by atoms with Crippen LogP contribution < -0.4 is 5.32 Å². The molecule has 2 aromatic carbocycles. The maximum atomic E-state index is 13.1. The van der Waals surface area contributed by atoms with E-state index in [0.29, 0.717) is 5.69 Å². The molecule has 6 heteroatoms. The zero-order valence-corrected chi connectivity index (χ0v) is 13.9. The minimum atomic E-state index is -0.378. The van der Waals surface area contributed by atoms with Gasteiger partial charge in [-0.05, 0) is 23.8 Å². The van der Waals surface area contributed by atoms with E-state index in [-0.39, 0.29) is 17.5 Å². The number of halogens is 1. The highest BCUT2D eigenvalue weighted by molar-refractivity contribution is 7.99. The third-order valence-corrected chi connectivity index (χ3v) is 4.50. The molecule has 0 aliphatic rings. The van der Waals surface area contributed by atoms with Gasteiger partial charge in [-0.15, -0.1) is 0 Å². The summed E-state index contributed by atoms with van der Waals surface area (Å²) in [4.78, 5) is 16.4. The van der Waals surface area contributed by atoms with Gasteiger partial charge in [0, 0.05) is 12.7 Å². The van der Waals surface area contributed by atoms with E-state index in [2.05, 4.69) is 10.3 Å². The van der Waals surface area contributed by atoms with Crippen LogP contribution in [0.2, 0.25) is 0 Å². The SMILES string of the molecule is Cn1c(-c2ccccc2)cnc1SCC(=O)Nc1cccc(F)c1. The van der Waals surface area contributed by atoms with E-state index in [1.807, 2.05) is 41.9 Å². The van der Waals surface area contributed by atoms with Gasteiger partial charge in [0.1, 0.15) is 5.82 Å². The number of thioether (sulfide) groups is 1. The number of nitrogens with one attached hydrogen (secondary N) is 1. The summed E-state index contributed by atoms with van der Waals surface area (Å²) in [6.07, 6.45) is 1.79. The smallest absolute Gasteiger partial charge is 0.234 e. The Kier molecular flexibility index (Phi) is 4.96. The summed E-state index contributed by atoms with van der Waals surface area (Å²) < 4.78 is 15.1. The normalized spacial score (nSPS) is 10.6. The maximum absolute atomic E-state index is 13.1. The lowest BCUT2D eigenvalue weighted by atomic mass is 10.2. The number of carbonyl (C=O) groups is 1. The van der Waals surface area contributed by atoms with Crippen molar-refractivity contribution >= 4 is 23.4 Å². The fourth-order valence-corrected chi connectivity index (χ4v) is 3.05. The zero-order chi connectivity index (χ0) is 16.9. The zero-order valence-electron chi connectivity index (χ0n) is 13.1. The molecule has 1 aromatic heterocycles. The van der Waals surface area contributed by atoms with Gasteiger partial charge in [0.15, 0.2) is 5.16 Å². The average molecular weight is 341 g/mol. The first-order valence-electron chi connectivity index (χ1n) is 7.39.